The maximum atomic E-state index is 13.4. The van der Waals surface area contributed by atoms with Crippen molar-refractivity contribution in [3.8, 4) is 0 Å². The zero-order chi connectivity index (χ0) is 20.2. The minimum atomic E-state index is -4.40. The molecule has 1 aromatic carbocycles. The van der Waals surface area contributed by atoms with Gasteiger partial charge < -0.3 is 15.4 Å². The molecule has 1 aliphatic rings. The highest BCUT2D eigenvalue weighted by Crippen LogP contribution is 2.38. The Hall–Kier alpha value is -2.28. The molecule has 0 bridgehead atoms. The molecular formula is C20H25F3N2O2. The van der Waals surface area contributed by atoms with Crippen LogP contribution in [0, 0.1) is 12.8 Å². The van der Waals surface area contributed by atoms with Crippen LogP contribution in [0.4, 0.5) is 13.2 Å². The summed E-state index contributed by atoms with van der Waals surface area (Å²) in [5.74, 6) is -1.87. The fourth-order valence-corrected chi connectivity index (χ4v) is 2.83. The second-order valence-electron chi connectivity index (χ2n) is 6.93. The largest absolute Gasteiger partial charge is 0.495 e. The summed E-state index contributed by atoms with van der Waals surface area (Å²) >= 11 is 0. The van der Waals surface area contributed by atoms with Crippen LogP contribution in [0.5, 0.6) is 0 Å². The van der Waals surface area contributed by atoms with Crippen LogP contribution in [0.15, 0.2) is 47.4 Å². The number of methoxy groups -OCH3 is 1. The lowest BCUT2D eigenvalue weighted by atomic mass is 9.90. The number of ether oxygens (including phenoxy) is 1. The summed E-state index contributed by atoms with van der Waals surface area (Å²) in [5, 5.41) is 5.70. The van der Waals surface area contributed by atoms with Crippen molar-refractivity contribution >= 4 is 5.91 Å². The molecule has 1 atom stereocenters. The van der Waals surface area contributed by atoms with E-state index in [9.17, 15) is 18.0 Å². The minimum absolute atomic E-state index is 0.0530. The summed E-state index contributed by atoms with van der Waals surface area (Å²) in [5.41, 5.74) is 1.89. The summed E-state index contributed by atoms with van der Waals surface area (Å²) < 4.78 is 45.5. The van der Waals surface area contributed by atoms with Crippen LogP contribution in [-0.2, 0) is 4.74 Å². The molecule has 0 fully saturated rings. The average Bonchev–Trinajstić information content (AvgIpc) is 2.59. The highest BCUT2D eigenvalue weighted by atomic mass is 19.4. The third-order valence-corrected chi connectivity index (χ3v) is 4.31. The molecule has 2 N–H and O–H groups in total. The van der Waals surface area contributed by atoms with Crippen molar-refractivity contribution in [1.29, 1.82) is 0 Å². The first-order chi connectivity index (χ1) is 12.6. The second kappa shape index (κ2) is 8.61. The number of carbonyl (C=O) groups excluding carboxylic acids is 1. The van der Waals surface area contributed by atoms with E-state index in [0.29, 0.717) is 11.1 Å². The van der Waals surface area contributed by atoms with Crippen molar-refractivity contribution in [1.82, 2.24) is 10.6 Å². The van der Waals surface area contributed by atoms with Gasteiger partial charge in [0.2, 0.25) is 0 Å². The normalized spacial score (nSPS) is 17.8. The number of alkyl halides is 3. The predicted octanol–water partition coefficient (Wildman–Crippen LogP) is 4.09. The van der Waals surface area contributed by atoms with Crippen LogP contribution < -0.4 is 10.6 Å². The van der Waals surface area contributed by atoms with E-state index < -0.39 is 18.0 Å². The average molecular weight is 382 g/mol. The van der Waals surface area contributed by atoms with Gasteiger partial charge in [-0.15, -0.1) is 0 Å². The van der Waals surface area contributed by atoms with Crippen molar-refractivity contribution in [2.75, 3.05) is 13.7 Å². The van der Waals surface area contributed by atoms with Crippen LogP contribution in [-0.4, -0.2) is 31.8 Å². The lowest BCUT2D eigenvalue weighted by Crippen LogP contribution is -2.34. The van der Waals surface area contributed by atoms with Crippen molar-refractivity contribution in [3.05, 3.63) is 58.5 Å². The van der Waals surface area contributed by atoms with Crippen molar-refractivity contribution in [3.63, 3.8) is 0 Å². The van der Waals surface area contributed by atoms with Crippen LogP contribution >= 0.6 is 0 Å². The Morgan fingerprint density at radius 2 is 1.89 bits per heavy atom. The Morgan fingerprint density at radius 1 is 1.26 bits per heavy atom. The Morgan fingerprint density at radius 3 is 2.41 bits per heavy atom. The summed E-state index contributed by atoms with van der Waals surface area (Å²) in [6, 6.07) is 6.91. The second-order valence-corrected chi connectivity index (χ2v) is 6.93. The van der Waals surface area contributed by atoms with E-state index in [1.165, 1.54) is 7.11 Å². The van der Waals surface area contributed by atoms with E-state index in [1.807, 2.05) is 20.8 Å². The van der Waals surface area contributed by atoms with Gasteiger partial charge in [0.1, 0.15) is 5.76 Å². The van der Waals surface area contributed by atoms with Gasteiger partial charge in [0.05, 0.1) is 18.7 Å². The smallest absolute Gasteiger partial charge is 0.395 e. The molecule has 1 unspecified atom stereocenters. The molecule has 0 saturated carbocycles. The summed E-state index contributed by atoms with van der Waals surface area (Å²) in [4.78, 5) is 12.5. The molecule has 1 amide bonds. The molecule has 0 saturated heterocycles. The maximum Gasteiger partial charge on any atom is 0.395 e. The van der Waals surface area contributed by atoms with Crippen LogP contribution in [0.25, 0.3) is 0 Å². The molecule has 1 aromatic rings. The fourth-order valence-electron chi connectivity index (χ4n) is 2.83. The highest BCUT2D eigenvalue weighted by Gasteiger charge is 2.42. The molecule has 0 heterocycles. The lowest BCUT2D eigenvalue weighted by Gasteiger charge is -2.28. The zero-order valence-corrected chi connectivity index (χ0v) is 15.9. The highest BCUT2D eigenvalue weighted by molar-refractivity contribution is 5.95. The molecule has 2 rings (SSSR count). The number of aryl methyl sites for hydroxylation is 1. The van der Waals surface area contributed by atoms with E-state index in [4.69, 9.17) is 4.74 Å². The Bertz CT molecular complexity index is 735. The number of benzene rings is 1. The van der Waals surface area contributed by atoms with E-state index in [0.717, 1.165) is 11.6 Å². The van der Waals surface area contributed by atoms with Gasteiger partial charge >= 0.3 is 6.18 Å². The van der Waals surface area contributed by atoms with E-state index in [2.05, 4.69) is 10.6 Å². The van der Waals surface area contributed by atoms with Gasteiger partial charge in [-0.1, -0.05) is 31.5 Å². The number of rotatable bonds is 6. The van der Waals surface area contributed by atoms with E-state index in [1.54, 1.807) is 24.3 Å². The predicted molar refractivity (Wildman–Crippen MR) is 98.1 cm³/mol. The fraction of sp³-hybridized carbons (Fsp3) is 0.450. The number of amides is 1. The number of allylic oxidation sites excluding steroid dienone is 1. The number of nitrogens with one attached hydrogen (secondary N) is 2. The quantitative estimate of drug-likeness (QED) is 0.779. The zero-order valence-electron chi connectivity index (χ0n) is 15.9. The first-order valence-electron chi connectivity index (χ1n) is 8.78. The topological polar surface area (TPSA) is 50.4 Å². The first kappa shape index (κ1) is 21.0. The Balaban J connectivity index is 2.33. The number of hydrogen-bond acceptors (Lipinski definition) is 3. The summed E-state index contributed by atoms with van der Waals surface area (Å²) in [6.45, 7) is 5.96. The van der Waals surface area contributed by atoms with Crippen LogP contribution in [0.1, 0.15) is 36.2 Å². The molecule has 0 radical (unpaired) electrons. The molecule has 1 aliphatic carbocycles. The van der Waals surface area contributed by atoms with Gasteiger partial charge in [-0.25, -0.2) is 0 Å². The minimum Gasteiger partial charge on any atom is -0.495 e. The summed E-state index contributed by atoms with van der Waals surface area (Å²) in [7, 11) is 1.39. The molecule has 4 nitrogen and oxygen atoms in total. The van der Waals surface area contributed by atoms with Crippen LogP contribution in [0.3, 0.4) is 0 Å². The van der Waals surface area contributed by atoms with Gasteiger partial charge in [-0.3, -0.25) is 4.79 Å². The number of hydrogen-bond donors (Lipinski definition) is 2. The third-order valence-electron chi connectivity index (χ3n) is 4.31. The van der Waals surface area contributed by atoms with Gasteiger partial charge in [0.15, 0.2) is 0 Å². The molecule has 148 valence electrons. The first-order valence-corrected chi connectivity index (χ1v) is 8.78. The number of halogens is 3. The van der Waals surface area contributed by atoms with Gasteiger partial charge in [0, 0.05) is 18.2 Å². The molecule has 0 aliphatic heterocycles. The molecular weight excluding hydrogens is 357 g/mol. The molecule has 0 aromatic heterocycles. The molecule has 7 heteroatoms. The van der Waals surface area contributed by atoms with Gasteiger partial charge in [0.25, 0.3) is 5.91 Å². The van der Waals surface area contributed by atoms with E-state index >= 15 is 0 Å². The monoisotopic (exact) mass is 382 g/mol. The standard InChI is InChI=1S/C20H25F3N2O2/c1-12(2)24-11-15-9-16(20(21,22)23)10-17(18(15)27-4)25-19(26)14-7-5-13(3)6-8-14/h5-8,10,12,16,24H,9,11H2,1-4H3,(H,25,26). The Labute approximate surface area is 157 Å². The lowest BCUT2D eigenvalue weighted by molar-refractivity contribution is -0.161. The van der Waals surface area contributed by atoms with Crippen molar-refractivity contribution in [2.45, 2.75) is 39.4 Å². The molecule has 0 spiro atoms. The Kier molecular flexibility index (Phi) is 6.70. The van der Waals surface area contributed by atoms with Crippen LogP contribution in [0.2, 0.25) is 0 Å². The third kappa shape index (κ3) is 5.60. The molecule has 27 heavy (non-hydrogen) atoms. The van der Waals surface area contributed by atoms with Gasteiger partial charge in [-0.05, 0) is 37.1 Å². The van der Waals surface area contributed by atoms with Crippen molar-refractivity contribution in [2.24, 2.45) is 5.92 Å². The SMILES string of the molecule is COC1=C(CNC(C)C)CC(C(F)(F)F)C=C1NC(=O)c1ccc(C)cc1. The van der Waals surface area contributed by atoms with E-state index in [-0.39, 0.29) is 30.5 Å². The maximum absolute atomic E-state index is 13.4. The van der Waals surface area contributed by atoms with Gasteiger partial charge in [-0.2, -0.15) is 13.2 Å². The number of carbonyl (C=O) groups is 1. The van der Waals surface area contributed by atoms with Crippen molar-refractivity contribution < 1.29 is 22.7 Å². The summed E-state index contributed by atoms with van der Waals surface area (Å²) in [6.07, 6.45) is -3.57.